The van der Waals surface area contributed by atoms with E-state index in [9.17, 15) is 0 Å². The smallest absolute Gasteiger partial charge is 0.0738 e. The lowest BCUT2D eigenvalue weighted by atomic mass is 10.0. The highest BCUT2D eigenvalue weighted by Crippen LogP contribution is 2.25. The molecule has 1 atom stereocenters. The number of nitrogens with two attached hydrogens (primary N) is 1. The first-order valence-electron chi connectivity index (χ1n) is 5.68. The topological polar surface area (TPSA) is 43.8 Å². The number of hydrogen-bond acceptors (Lipinski definition) is 2. The third-order valence-electron chi connectivity index (χ3n) is 2.95. The number of benzene rings is 1. The summed E-state index contributed by atoms with van der Waals surface area (Å²) in [5, 5.41) is 4.39. The first-order chi connectivity index (χ1) is 8.49. The Balaban J connectivity index is 2.24. The van der Waals surface area contributed by atoms with E-state index in [0.29, 0.717) is 0 Å². The minimum Gasteiger partial charge on any atom is -0.324 e. The average Bonchev–Trinajstić information content (AvgIpc) is 2.56. The van der Waals surface area contributed by atoms with Gasteiger partial charge in [0.25, 0.3) is 0 Å². The van der Waals surface area contributed by atoms with E-state index in [2.05, 4.69) is 61.8 Å². The van der Waals surface area contributed by atoms with E-state index in [1.165, 1.54) is 3.57 Å². The molecule has 0 aliphatic carbocycles. The third-order valence-corrected chi connectivity index (χ3v) is 4.65. The molecule has 2 N–H and O–H groups in total. The van der Waals surface area contributed by atoms with E-state index < -0.39 is 0 Å². The summed E-state index contributed by atoms with van der Waals surface area (Å²) in [4.78, 5) is 0. The first kappa shape index (κ1) is 14.0. The first-order valence-corrected chi connectivity index (χ1v) is 7.55. The van der Waals surface area contributed by atoms with E-state index in [1.54, 1.807) is 0 Å². The second-order valence-electron chi connectivity index (χ2n) is 4.34. The molecule has 18 heavy (non-hydrogen) atoms. The van der Waals surface area contributed by atoms with Gasteiger partial charge in [-0.2, -0.15) is 5.10 Å². The lowest BCUT2D eigenvalue weighted by molar-refractivity contribution is 0.638. The van der Waals surface area contributed by atoms with Gasteiger partial charge in [0, 0.05) is 23.1 Å². The Labute approximate surface area is 129 Å². The molecule has 2 rings (SSSR count). The minimum absolute atomic E-state index is 0.00850. The molecule has 1 aromatic heterocycles. The summed E-state index contributed by atoms with van der Waals surface area (Å²) in [6.07, 6.45) is 0.776. The Morgan fingerprint density at radius 1 is 1.50 bits per heavy atom. The van der Waals surface area contributed by atoms with Gasteiger partial charge in [-0.25, -0.2) is 0 Å². The summed E-state index contributed by atoms with van der Waals surface area (Å²) >= 11 is 5.88. The number of aryl methyl sites for hydroxylation is 2. The normalized spacial score (nSPS) is 12.7. The molecule has 0 spiro atoms. The second kappa shape index (κ2) is 5.71. The maximum Gasteiger partial charge on any atom is 0.0738 e. The molecule has 0 saturated carbocycles. The summed E-state index contributed by atoms with van der Waals surface area (Å²) in [7, 11) is 1.95. The van der Waals surface area contributed by atoms with E-state index >= 15 is 0 Å². The van der Waals surface area contributed by atoms with Crippen LogP contribution in [-0.2, 0) is 13.5 Å². The van der Waals surface area contributed by atoms with Gasteiger partial charge in [-0.15, -0.1) is 0 Å². The van der Waals surface area contributed by atoms with E-state index in [0.717, 1.165) is 27.8 Å². The highest BCUT2D eigenvalue weighted by molar-refractivity contribution is 14.1. The van der Waals surface area contributed by atoms with Gasteiger partial charge >= 0.3 is 0 Å². The highest BCUT2D eigenvalue weighted by atomic mass is 127. The monoisotopic (exact) mass is 419 g/mol. The Morgan fingerprint density at radius 2 is 2.22 bits per heavy atom. The van der Waals surface area contributed by atoms with Crippen LogP contribution in [0, 0.1) is 10.5 Å². The fourth-order valence-electron chi connectivity index (χ4n) is 1.97. The van der Waals surface area contributed by atoms with Gasteiger partial charge in [0.05, 0.1) is 15.9 Å². The molecule has 1 aromatic carbocycles. The Kier molecular flexibility index (Phi) is 4.45. The van der Waals surface area contributed by atoms with Crippen LogP contribution in [0.5, 0.6) is 0 Å². The van der Waals surface area contributed by atoms with Crippen LogP contribution in [0.15, 0.2) is 28.7 Å². The molecule has 0 bridgehead atoms. The van der Waals surface area contributed by atoms with Crippen molar-refractivity contribution in [3.05, 3.63) is 49.3 Å². The quantitative estimate of drug-likeness (QED) is 0.775. The zero-order valence-corrected chi connectivity index (χ0v) is 14.1. The van der Waals surface area contributed by atoms with Crippen LogP contribution in [0.4, 0.5) is 0 Å². The SMILES string of the molecule is Cc1nn(C)c(CC(N)c2cccc(I)c2)c1Br. The standard InChI is InChI=1S/C13H15BrIN3/c1-8-13(14)12(18(2)17-8)7-11(16)9-4-3-5-10(15)6-9/h3-6,11H,7,16H2,1-2H3. The number of halogens is 2. The van der Waals surface area contributed by atoms with Gasteiger partial charge in [-0.3, -0.25) is 4.68 Å². The molecule has 96 valence electrons. The summed E-state index contributed by atoms with van der Waals surface area (Å²) in [5.41, 5.74) is 9.58. The van der Waals surface area contributed by atoms with Gasteiger partial charge in [-0.1, -0.05) is 12.1 Å². The molecule has 0 aliphatic heterocycles. The summed E-state index contributed by atoms with van der Waals surface area (Å²) < 4.78 is 4.17. The second-order valence-corrected chi connectivity index (χ2v) is 6.37. The van der Waals surface area contributed by atoms with E-state index in [1.807, 2.05) is 24.7 Å². The fraction of sp³-hybridized carbons (Fsp3) is 0.308. The van der Waals surface area contributed by atoms with Crippen molar-refractivity contribution in [3.63, 3.8) is 0 Å². The predicted octanol–water partition coefficient (Wildman–Crippen LogP) is 3.34. The maximum absolute atomic E-state index is 6.28. The van der Waals surface area contributed by atoms with Crippen LogP contribution >= 0.6 is 38.5 Å². The number of nitrogens with zero attached hydrogens (tertiary/aromatic N) is 2. The zero-order valence-electron chi connectivity index (χ0n) is 10.3. The van der Waals surface area contributed by atoms with Crippen molar-refractivity contribution in [2.75, 3.05) is 0 Å². The van der Waals surface area contributed by atoms with Gasteiger partial charge in [0.1, 0.15) is 0 Å². The highest BCUT2D eigenvalue weighted by Gasteiger charge is 2.15. The third kappa shape index (κ3) is 2.95. The molecule has 2 aromatic rings. The molecule has 0 fully saturated rings. The average molecular weight is 420 g/mol. The molecule has 1 heterocycles. The number of aromatic nitrogens is 2. The van der Waals surface area contributed by atoms with Crippen molar-refractivity contribution in [3.8, 4) is 0 Å². The van der Waals surface area contributed by atoms with Gasteiger partial charge < -0.3 is 5.73 Å². The van der Waals surface area contributed by atoms with Crippen molar-refractivity contribution in [2.45, 2.75) is 19.4 Å². The van der Waals surface area contributed by atoms with Crippen LogP contribution in [0.2, 0.25) is 0 Å². The van der Waals surface area contributed by atoms with Gasteiger partial charge in [0.15, 0.2) is 0 Å². The molecule has 0 saturated heterocycles. The Hall–Kier alpha value is -0.400. The molecule has 0 amide bonds. The lowest BCUT2D eigenvalue weighted by Gasteiger charge is -2.13. The summed E-state index contributed by atoms with van der Waals surface area (Å²) in [6.45, 7) is 1.99. The molecule has 1 unspecified atom stereocenters. The maximum atomic E-state index is 6.28. The van der Waals surface area contributed by atoms with Gasteiger partial charge in [0.2, 0.25) is 0 Å². The van der Waals surface area contributed by atoms with Crippen molar-refractivity contribution in [2.24, 2.45) is 12.8 Å². The van der Waals surface area contributed by atoms with Crippen LogP contribution in [0.3, 0.4) is 0 Å². The molecule has 5 heteroatoms. The van der Waals surface area contributed by atoms with E-state index in [4.69, 9.17) is 5.73 Å². The molecular formula is C13H15BrIN3. The van der Waals surface area contributed by atoms with Crippen LogP contribution in [-0.4, -0.2) is 9.78 Å². The van der Waals surface area contributed by atoms with E-state index in [-0.39, 0.29) is 6.04 Å². The molecule has 3 nitrogen and oxygen atoms in total. The largest absolute Gasteiger partial charge is 0.324 e. The Morgan fingerprint density at radius 3 is 2.78 bits per heavy atom. The van der Waals surface area contributed by atoms with Crippen molar-refractivity contribution >= 4 is 38.5 Å². The van der Waals surface area contributed by atoms with Crippen molar-refractivity contribution < 1.29 is 0 Å². The zero-order chi connectivity index (χ0) is 13.3. The summed E-state index contributed by atoms with van der Waals surface area (Å²) in [6, 6.07) is 8.30. The number of rotatable bonds is 3. The molecule has 0 aliphatic rings. The Bertz CT molecular complexity index is 565. The molecule has 0 radical (unpaired) electrons. The molecular weight excluding hydrogens is 405 g/mol. The van der Waals surface area contributed by atoms with Gasteiger partial charge in [-0.05, 0) is 63.1 Å². The predicted molar refractivity (Wildman–Crippen MR) is 85.4 cm³/mol. The van der Waals surface area contributed by atoms with Crippen LogP contribution < -0.4 is 5.73 Å². The van der Waals surface area contributed by atoms with Crippen molar-refractivity contribution in [1.82, 2.24) is 9.78 Å². The fourth-order valence-corrected chi connectivity index (χ4v) is 3.03. The van der Waals surface area contributed by atoms with Crippen LogP contribution in [0.25, 0.3) is 0 Å². The van der Waals surface area contributed by atoms with Crippen molar-refractivity contribution in [1.29, 1.82) is 0 Å². The summed E-state index contributed by atoms with van der Waals surface area (Å²) in [5.74, 6) is 0. The lowest BCUT2D eigenvalue weighted by Crippen LogP contribution is -2.15. The van der Waals surface area contributed by atoms with Crippen LogP contribution in [0.1, 0.15) is 23.0 Å². The number of hydrogen-bond donors (Lipinski definition) is 1. The minimum atomic E-state index is -0.00850.